The first kappa shape index (κ1) is 15.8. The molecular weight excluding hydrogens is 264 g/mol. The summed E-state index contributed by atoms with van der Waals surface area (Å²) in [4.78, 5) is 14.2. The van der Waals surface area contributed by atoms with Gasteiger partial charge < -0.3 is 16.4 Å². The molecule has 1 aliphatic rings. The third-order valence-corrected chi connectivity index (χ3v) is 4.07. The standard InChI is InChI=1S/C16H26N4O/c1-11(20(3)15-8-9-15)10-18-16(21)19-14-6-4-13(5-7-14)12(2)17/h4-7,11-12,15H,8-10,17H2,1-3H3,(H2,18,19,21). The summed E-state index contributed by atoms with van der Waals surface area (Å²) in [6.07, 6.45) is 2.55. The van der Waals surface area contributed by atoms with Crippen LogP contribution in [0.4, 0.5) is 10.5 Å². The maximum absolute atomic E-state index is 11.9. The third-order valence-electron chi connectivity index (χ3n) is 4.07. The Labute approximate surface area is 126 Å². The lowest BCUT2D eigenvalue weighted by molar-refractivity contribution is 0.229. The molecule has 0 bridgehead atoms. The first-order chi connectivity index (χ1) is 9.97. The zero-order valence-corrected chi connectivity index (χ0v) is 13.1. The minimum Gasteiger partial charge on any atom is -0.336 e. The number of likely N-dealkylation sites (N-methyl/N-ethyl adjacent to an activating group) is 1. The molecule has 2 atom stereocenters. The highest BCUT2D eigenvalue weighted by molar-refractivity contribution is 5.89. The fraction of sp³-hybridized carbons (Fsp3) is 0.562. The van der Waals surface area contributed by atoms with Gasteiger partial charge in [-0.15, -0.1) is 0 Å². The second kappa shape index (κ2) is 6.91. The number of nitrogens with one attached hydrogen (secondary N) is 2. The van der Waals surface area contributed by atoms with Gasteiger partial charge in [-0.25, -0.2) is 4.79 Å². The Morgan fingerprint density at radius 1 is 1.33 bits per heavy atom. The molecule has 0 spiro atoms. The third kappa shape index (κ3) is 4.72. The molecule has 1 aromatic rings. The fourth-order valence-electron chi connectivity index (χ4n) is 2.27. The van der Waals surface area contributed by atoms with Gasteiger partial charge in [0.15, 0.2) is 0 Å². The predicted octanol–water partition coefficient (Wildman–Crippen LogP) is 2.31. The summed E-state index contributed by atoms with van der Waals surface area (Å²) in [5.41, 5.74) is 7.63. The molecule has 21 heavy (non-hydrogen) atoms. The van der Waals surface area contributed by atoms with Gasteiger partial charge in [-0.05, 0) is 51.4 Å². The van der Waals surface area contributed by atoms with E-state index in [1.54, 1.807) is 0 Å². The Morgan fingerprint density at radius 3 is 2.48 bits per heavy atom. The summed E-state index contributed by atoms with van der Waals surface area (Å²) in [5, 5.41) is 5.75. The fourth-order valence-corrected chi connectivity index (χ4v) is 2.27. The molecule has 0 radical (unpaired) electrons. The Balaban J connectivity index is 1.75. The molecule has 5 heteroatoms. The molecule has 116 valence electrons. The molecule has 5 nitrogen and oxygen atoms in total. The van der Waals surface area contributed by atoms with Gasteiger partial charge in [0.05, 0.1) is 0 Å². The van der Waals surface area contributed by atoms with Gasteiger partial charge in [-0.3, -0.25) is 4.90 Å². The van der Waals surface area contributed by atoms with E-state index in [1.165, 1.54) is 12.8 Å². The normalized spacial score (nSPS) is 17.4. The van der Waals surface area contributed by atoms with E-state index in [0.29, 0.717) is 18.6 Å². The number of hydrogen-bond acceptors (Lipinski definition) is 3. The van der Waals surface area contributed by atoms with E-state index < -0.39 is 0 Å². The van der Waals surface area contributed by atoms with Crippen LogP contribution in [0, 0.1) is 0 Å². The van der Waals surface area contributed by atoms with Gasteiger partial charge in [-0.1, -0.05) is 12.1 Å². The number of benzene rings is 1. The second-order valence-electron chi connectivity index (χ2n) is 5.99. The Bertz CT molecular complexity index is 468. The largest absolute Gasteiger partial charge is 0.336 e. The summed E-state index contributed by atoms with van der Waals surface area (Å²) < 4.78 is 0. The van der Waals surface area contributed by atoms with Crippen LogP contribution < -0.4 is 16.4 Å². The molecule has 4 N–H and O–H groups in total. The van der Waals surface area contributed by atoms with E-state index in [1.807, 2.05) is 31.2 Å². The van der Waals surface area contributed by atoms with Gasteiger partial charge in [0.25, 0.3) is 0 Å². The van der Waals surface area contributed by atoms with Crippen LogP contribution in [-0.2, 0) is 0 Å². The average Bonchev–Trinajstić information content (AvgIpc) is 3.29. The van der Waals surface area contributed by atoms with Crippen molar-refractivity contribution < 1.29 is 4.79 Å². The van der Waals surface area contributed by atoms with Crippen molar-refractivity contribution in [1.29, 1.82) is 0 Å². The van der Waals surface area contributed by atoms with Gasteiger partial charge in [0, 0.05) is 30.4 Å². The summed E-state index contributed by atoms with van der Waals surface area (Å²) in [6, 6.07) is 8.51. The number of nitrogens with two attached hydrogens (primary N) is 1. The Hall–Kier alpha value is -1.59. The number of amides is 2. The van der Waals surface area contributed by atoms with Crippen molar-refractivity contribution in [2.45, 2.75) is 44.8 Å². The maximum Gasteiger partial charge on any atom is 0.319 e. The Morgan fingerprint density at radius 2 is 1.95 bits per heavy atom. The molecule has 0 aliphatic heterocycles. The van der Waals surface area contributed by atoms with Crippen molar-refractivity contribution in [1.82, 2.24) is 10.2 Å². The second-order valence-corrected chi connectivity index (χ2v) is 5.99. The number of nitrogens with zero attached hydrogens (tertiary/aromatic N) is 1. The van der Waals surface area contributed by atoms with E-state index in [4.69, 9.17) is 5.73 Å². The van der Waals surface area contributed by atoms with Crippen LogP contribution >= 0.6 is 0 Å². The zero-order valence-electron chi connectivity index (χ0n) is 13.1. The van der Waals surface area contributed by atoms with E-state index >= 15 is 0 Å². The maximum atomic E-state index is 11.9. The Kier molecular flexibility index (Phi) is 5.20. The smallest absolute Gasteiger partial charge is 0.319 e. The van der Waals surface area contributed by atoms with Gasteiger partial charge in [0.1, 0.15) is 0 Å². The highest BCUT2D eigenvalue weighted by Crippen LogP contribution is 2.26. The lowest BCUT2D eigenvalue weighted by atomic mass is 10.1. The van der Waals surface area contributed by atoms with Gasteiger partial charge in [-0.2, -0.15) is 0 Å². The highest BCUT2D eigenvalue weighted by Gasteiger charge is 2.29. The van der Waals surface area contributed by atoms with Crippen LogP contribution in [0.5, 0.6) is 0 Å². The summed E-state index contributed by atoms with van der Waals surface area (Å²) in [5.74, 6) is 0. The number of hydrogen-bond donors (Lipinski definition) is 3. The minimum atomic E-state index is -0.167. The van der Waals surface area contributed by atoms with E-state index in [-0.39, 0.29) is 12.1 Å². The molecule has 0 aromatic heterocycles. The number of carbonyl (C=O) groups is 1. The molecule has 1 aromatic carbocycles. The molecule has 0 saturated heterocycles. The van der Waals surface area contributed by atoms with Gasteiger partial charge in [0.2, 0.25) is 0 Å². The van der Waals surface area contributed by atoms with Crippen molar-refractivity contribution in [3.63, 3.8) is 0 Å². The van der Waals surface area contributed by atoms with Crippen LogP contribution in [0.2, 0.25) is 0 Å². The van der Waals surface area contributed by atoms with Crippen molar-refractivity contribution in [2.75, 3.05) is 18.9 Å². The van der Waals surface area contributed by atoms with E-state index in [0.717, 1.165) is 11.3 Å². The first-order valence-electron chi connectivity index (χ1n) is 7.59. The van der Waals surface area contributed by atoms with E-state index in [9.17, 15) is 4.79 Å². The zero-order chi connectivity index (χ0) is 15.4. The number of anilines is 1. The van der Waals surface area contributed by atoms with Crippen molar-refractivity contribution in [3.05, 3.63) is 29.8 Å². The number of carbonyl (C=O) groups excluding carboxylic acids is 1. The molecule has 2 rings (SSSR count). The minimum absolute atomic E-state index is 0.00619. The molecular formula is C16H26N4O. The van der Waals surface area contributed by atoms with Crippen LogP contribution in [0.3, 0.4) is 0 Å². The average molecular weight is 290 g/mol. The number of rotatable bonds is 6. The highest BCUT2D eigenvalue weighted by atomic mass is 16.2. The lowest BCUT2D eigenvalue weighted by Gasteiger charge is -2.24. The molecule has 1 aliphatic carbocycles. The monoisotopic (exact) mass is 290 g/mol. The van der Waals surface area contributed by atoms with Crippen LogP contribution in [-0.4, -0.2) is 36.6 Å². The molecule has 2 unspecified atom stereocenters. The first-order valence-corrected chi connectivity index (χ1v) is 7.59. The summed E-state index contributed by atoms with van der Waals surface area (Å²) >= 11 is 0. The van der Waals surface area contributed by atoms with Crippen LogP contribution in [0.15, 0.2) is 24.3 Å². The molecule has 2 amide bonds. The van der Waals surface area contributed by atoms with Crippen molar-refractivity contribution >= 4 is 11.7 Å². The van der Waals surface area contributed by atoms with Crippen molar-refractivity contribution in [2.24, 2.45) is 5.73 Å². The summed E-state index contributed by atoms with van der Waals surface area (Å²) in [6.45, 7) is 4.72. The molecule has 1 saturated carbocycles. The van der Waals surface area contributed by atoms with Crippen LogP contribution in [0.1, 0.15) is 38.3 Å². The lowest BCUT2D eigenvalue weighted by Crippen LogP contribution is -2.42. The predicted molar refractivity (Wildman–Crippen MR) is 86.3 cm³/mol. The van der Waals surface area contributed by atoms with E-state index in [2.05, 4.69) is 29.5 Å². The molecule has 0 heterocycles. The molecule has 1 fully saturated rings. The summed E-state index contributed by atoms with van der Waals surface area (Å²) in [7, 11) is 2.12. The number of urea groups is 1. The topological polar surface area (TPSA) is 70.4 Å². The SMILES string of the molecule is CC(N)c1ccc(NC(=O)NCC(C)N(C)C2CC2)cc1. The van der Waals surface area contributed by atoms with Crippen LogP contribution in [0.25, 0.3) is 0 Å². The quantitative estimate of drug-likeness (QED) is 0.753. The van der Waals surface area contributed by atoms with Crippen molar-refractivity contribution in [3.8, 4) is 0 Å². The van der Waals surface area contributed by atoms with Gasteiger partial charge >= 0.3 is 6.03 Å².